The summed E-state index contributed by atoms with van der Waals surface area (Å²) in [4.78, 5) is 10.3. The largest absolute Gasteiger partial charge is 0.390 e. The Balaban J connectivity index is 1.29. The highest BCUT2D eigenvalue weighted by Gasteiger charge is 2.36. The molecule has 0 bridgehead atoms. The van der Waals surface area contributed by atoms with Crippen molar-refractivity contribution >= 4 is 11.3 Å². The van der Waals surface area contributed by atoms with Gasteiger partial charge in [0, 0.05) is 55.1 Å². The number of aliphatic hydroxyl groups excluding tert-OH is 1. The van der Waals surface area contributed by atoms with Gasteiger partial charge in [-0.15, -0.1) is 11.3 Å². The van der Waals surface area contributed by atoms with Crippen LogP contribution in [0, 0.1) is 0 Å². The summed E-state index contributed by atoms with van der Waals surface area (Å²) in [6, 6.07) is 4.87. The molecule has 1 N–H and O–H groups in total. The molecule has 2 atom stereocenters. The number of ether oxygens (including phenoxy) is 1. The average molecular weight is 366 g/mol. The molecule has 0 spiro atoms. The van der Waals surface area contributed by atoms with E-state index >= 15 is 0 Å². The summed E-state index contributed by atoms with van der Waals surface area (Å²) in [5.74, 6) is 0. The number of likely N-dealkylation sites (tertiary alicyclic amines) is 2. The zero-order valence-electron chi connectivity index (χ0n) is 15.1. The zero-order chi connectivity index (χ0) is 17.1. The minimum atomic E-state index is -0.231. The van der Waals surface area contributed by atoms with Gasteiger partial charge in [-0.3, -0.25) is 14.7 Å². The third-order valence-electron chi connectivity index (χ3n) is 5.77. The van der Waals surface area contributed by atoms with Gasteiger partial charge in [0.05, 0.1) is 19.3 Å². The van der Waals surface area contributed by atoms with E-state index in [1.54, 1.807) is 0 Å². The summed E-state index contributed by atoms with van der Waals surface area (Å²) < 4.78 is 5.44. The van der Waals surface area contributed by atoms with E-state index in [-0.39, 0.29) is 12.1 Å². The number of morpholine rings is 1. The lowest BCUT2D eigenvalue weighted by Crippen LogP contribution is -2.48. The highest BCUT2D eigenvalue weighted by Crippen LogP contribution is 2.25. The van der Waals surface area contributed by atoms with Crippen molar-refractivity contribution in [1.29, 1.82) is 0 Å². The molecule has 140 valence electrons. The van der Waals surface area contributed by atoms with Crippen LogP contribution < -0.4 is 0 Å². The van der Waals surface area contributed by atoms with E-state index in [0.29, 0.717) is 0 Å². The number of hydrogen-bond donors (Lipinski definition) is 1. The van der Waals surface area contributed by atoms with Crippen LogP contribution in [0.15, 0.2) is 12.1 Å². The third-order valence-corrected chi connectivity index (χ3v) is 6.83. The molecule has 25 heavy (non-hydrogen) atoms. The molecule has 4 heterocycles. The first-order valence-corrected chi connectivity index (χ1v) is 10.6. The molecule has 0 amide bonds. The lowest BCUT2D eigenvalue weighted by Gasteiger charge is -2.33. The predicted molar refractivity (Wildman–Crippen MR) is 101 cm³/mol. The molecule has 0 unspecified atom stereocenters. The molecule has 0 saturated carbocycles. The third kappa shape index (κ3) is 4.62. The first-order chi connectivity index (χ1) is 12.3. The second-order valence-corrected chi connectivity index (χ2v) is 8.93. The first-order valence-electron chi connectivity index (χ1n) is 9.80. The molecular weight excluding hydrogens is 334 g/mol. The molecule has 6 heteroatoms. The molecule has 1 aromatic rings. The number of thiophene rings is 1. The van der Waals surface area contributed by atoms with Gasteiger partial charge in [-0.1, -0.05) is 6.42 Å². The Morgan fingerprint density at radius 1 is 0.920 bits per heavy atom. The minimum absolute atomic E-state index is 0.231. The van der Waals surface area contributed by atoms with Crippen LogP contribution in [0.5, 0.6) is 0 Å². The quantitative estimate of drug-likeness (QED) is 0.858. The van der Waals surface area contributed by atoms with Crippen molar-refractivity contribution in [1.82, 2.24) is 14.7 Å². The van der Waals surface area contributed by atoms with Crippen molar-refractivity contribution in [3.63, 3.8) is 0 Å². The van der Waals surface area contributed by atoms with Gasteiger partial charge < -0.3 is 9.84 Å². The molecule has 4 rings (SSSR count). The molecule has 0 aromatic carbocycles. The van der Waals surface area contributed by atoms with Gasteiger partial charge in [-0.25, -0.2) is 0 Å². The standard InChI is InChI=1S/C19H31N3O2S/c23-19-15-21(14-18(19)22-8-10-24-11-9-22)13-17-5-4-16(25-17)12-20-6-2-1-3-7-20/h4-5,18-19,23H,1-3,6-15H2/t18-,19-/m0/s1. The summed E-state index contributed by atoms with van der Waals surface area (Å²) in [6.07, 6.45) is 3.87. The predicted octanol–water partition coefficient (Wildman–Crippen LogP) is 1.61. The summed E-state index contributed by atoms with van der Waals surface area (Å²) >= 11 is 1.95. The first kappa shape index (κ1) is 17.9. The SMILES string of the molecule is O[C@H]1CN(Cc2ccc(CN3CCCCC3)s2)C[C@@H]1N1CCOCC1. The van der Waals surface area contributed by atoms with Gasteiger partial charge >= 0.3 is 0 Å². The van der Waals surface area contributed by atoms with E-state index in [1.807, 2.05) is 11.3 Å². The second kappa shape index (κ2) is 8.46. The van der Waals surface area contributed by atoms with Gasteiger partial charge in [0.2, 0.25) is 0 Å². The molecule has 3 aliphatic rings. The minimum Gasteiger partial charge on any atom is -0.390 e. The Labute approximate surface area is 155 Å². The molecule has 5 nitrogen and oxygen atoms in total. The maximum Gasteiger partial charge on any atom is 0.0834 e. The fraction of sp³-hybridized carbons (Fsp3) is 0.789. The molecule has 1 aromatic heterocycles. The van der Waals surface area contributed by atoms with Crippen LogP contribution in [0.2, 0.25) is 0 Å². The lowest BCUT2D eigenvalue weighted by molar-refractivity contribution is -0.00617. The van der Waals surface area contributed by atoms with Crippen LogP contribution in [-0.2, 0) is 17.8 Å². The van der Waals surface area contributed by atoms with E-state index in [1.165, 1.54) is 42.1 Å². The van der Waals surface area contributed by atoms with Crippen LogP contribution in [0.1, 0.15) is 29.0 Å². The second-order valence-electron chi connectivity index (χ2n) is 7.68. The Bertz CT molecular complexity index is 541. The van der Waals surface area contributed by atoms with E-state index < -0.39 is 0 Å². The highest BCUT2D eigenvalue weighted by molar-refractivity contribution is 7.11. The Morgan fingerprint density at radius 2 is 1.60 bits per heavy atom. The van der Waals surface area contributed by atoms with E-state index in [9.17, 15) is 5.11 Å². The molecule has 3 fully saturated rings. The van der Waals surface area contributed by atoms with Gasteiger partial charge in [0.25, 0.3) is 0 Å². The van der Waals surface area contributed by atoms with Crippen LogP contribution in [0.25, 0.3) is 0 Å². The van der Waals surface area contributed by atoms with Crippen molar-refractivity contribution in [2.45, 2.75) is 44.5 Å². The summed E-state index contributed by atoms with van der Waals surface area (Å²) in [5.41, 5.74) is 0. The van der Waals surface area contributed by atoms with Crippen LogP contribution in [0.3, 0.4) is 0 Å². The van der Waals surface area contributed by atoms with Crippen molar-refractivity contribution in [3.05, 3.63) is 21.9 Å². The number of nitrogens with zero attached hydrogens (tertiary/aromatic N) is 3. The Morgan fingerprint density at radius 3 is 2.32 bits per heavy atom. The number of aliphatic hydroxyl groups is 1. The smallest absolute Gasteiger partial charge is 0.0834 e. The van der Waals surface area contributed by atoms with E-state index in [4.69, 9.17) is 4.74 Å². The maximum absolute atomic E-state index is 10.5. The number of piperidine rings is 1. The number of β-amino-alcohol motifs (C(OH)–C–C–N with tert-alkyl or cyclic N) is 1. The van der Waals surface area contributed by atoms with Crippen molar-refractivity contribution in [3.8, 4) is 0 Å². The molecule has 3 saturated heterocycles. The molecule has 3 aliphatic heterocycles. The summed E-state index contributed by atoms with van der Waals surface area (Å²) in [6.45, 7) is 9.87. The van der Waals surface area contributed by atoms with Crippen LogP contribution in [-0.4, -0.2) is 84.4 Å². The average Bonchev–Trinajstić information content (AvgIpc) is 3.23. The van der Waals surface area contributed by atoms with Crippen molar-refractivity contribution in [2.24, 2.45) is 0 Å². The normalized spacial score (nSPS) is 30.1. The number of hydrogen-bond acceptors (Lipinski definition) is 6. The van der Waals surface area contributed by atoms with Gasteiger partial charge in [-0.2, -0.15) is 0 Å². The number of rotatable bonds is 5. The zero-order valence-corrected chi connectivity index (χ0v) is 15.9. The van der Waals surface area contributed by atoms with Gasteiger partial charge in [0.15, 0.2) is 0 Å². The van der Waals surface area contributed by atoms with E-state index in [2.05, 4.69) is 26.8 Å². The van der Waals surface area contributed by atoms with Crippen molar-refractivity contribution < 1.29 is 9.84 Å². The Hall–Kier alpha value is -0.500. The summed E-state index contributed by atoms with van der Waals surface area (Å²) in [7, 11) is 0. The topological polar surface area (TPSA) is 39.2 Å². The fourth-order valence-electron chi connectivity index (χ4n) is 4.39. The summed E-state index contributed by atoms with van der Waals surface area (Å²) in [5, 5.41) is 10.5. The van der Waals surface area contributed by atoms with Gasteiger partial charge in [-0.05, 0) is 38.1 Å². The molecule has 0 radical (unpaired) electrons. The maximum atomic E-state index is 10.5. The lowest BCUT2D eigenvalue weighted by atomic mass is 10.1. The molecule has 0 aliphatic carbocycles. The Kier molecular flexibility index (Phi) is 6.05. The van der Waals surface area contributed by atoms with E-state index in [0.717, 1.165) is 52.5 Å². The van der Waals surface area contributed by atoms with Crippen molar-refractivity contribution in [2.75, 3.05) is 52.5 Å². The highest BCUT2D eigenvalue weighted by atomic mass is 32.1. The monoisotopic (exact) mass is 365 g/mol. The van der Waals surface area contributed by atoms with Gasteiger partial charge in [0.1, 0.15) is 0 Å². The fourth-order valence-corrected chi connectivity index (χ4v) is 5.50. The van der Waals surface area contributed by atoms with Crippen LogP contribution >= 0.6 is 11.3 Å². The molecular formula is C19H31N3O2S. The van der Waals surface area contributed by atoms with Crippen LogP contribution in [0.4, 0.5) is 0 Å².